The van der Waals surface area contributed by atoms with E-state index in [-0.39, 0.29) is 34.3 Å². The van der Waals surface area contributed by atoms with Gasteiger partial charge < -0.3 is 15.4 Å². The van der Waals surface area contributed by atoms with Gasteiger partial charge in [0, 0.05) is 37.0 Å². The molecule has 3 aromatic rings. The molecule has 2 aliphatic rings. The molecule has 3 heterocycles. The lowest BCUT2D eigenvalue weighted by Gasteiger charge is -2.48. The van der Waals surface area contributed by atoms with Crippen molar-refractivity contribution < 1.29 is 13.9 Å². The van der Waals surface area contributed by atoms with E-state index in [0.717, 1.165) is 18.5 Å². The van der Waals surface area contributed by atoms with Crippen molar-refractivity contribution in [3.8, 4) is 5.75 Å². The number of fused-ring (bicyclic) bond motifs is 1. The normalized spacial score (nSPS) is 18.0. The van der Waals surface area contributed by atoms with Crippen LogP contribution in [0.25, 0.3) is 5.52 Å². The highest BCUT2D eigenvalue weighted by Crippen LogP contribution is 2.49. The lowest BCUT2D eigenvalue weighted by molar-refractivity contribution is 0.0281. The minimum absolute atomic E-state index is 0.0960. The molecule has 1 atom stereocenters. The van der Waals surface area contributed by atoms with Gasteiger partial charge in [-0.05, 0) is 57.9 Å². The van der Waals surface area contributed by atoms with Crippen molar-refractivity contribution in [2.24, 2.45) is 5.41 Å². The summed E-state index contributed by atoms with van der Waals surface area (Å²) in [6.45, 7) is 8.76. The number of piperidine rings is 1. The highest BCUT2D eigenvalue weighted by Gasteiger charge is 2.41. The third kappa shape index (κ3) is 4.09. The number of nitrogen functional groups attached to an aromatic ring is 1. The van der Waals surface area contributed by atoms with Crippen LogP contribution < -0.4 is 10.5 Å². The Bertz CT molecular complexity index is 1320. The lowest BCUT2D eigenvalue weighted by Crippen LogP contribution is -2.46. The summed E-state index contributed by atoms with van der Waals surface area (Å²) in [5, 5.41) is -0.109. The van der Waals surface area contributed by atoms with Crippen LogP contribution in [0.4, 0.5) is 10.2 Å². The summed E-state index contributed by atoms with van der Waals surface area (Å²) in [6, 6.07) is 1.55. The SMILES string of the molecule is Cc1nc(C(C)c2cc(Cl)c(F)c(C(=O)N3CCC4(CCC4)CC3)c2OC(C)C)n2ccnc(N)c12. The van der Waals surface area contributed by atoms with Gasteiger partial charge >= 0.3 is 0 Å². The first-order valence-corrected chi connectivity index (χ1v) is 13.1. The Morgan fingerprint density at radius 1 is 1.22 bits per heavy atom. The van der Waals surface area contributed by atoms with Crippen LogP contribution in [-0.4, -0.2) is 44.4 Å². The van der Waals surface area contributed by atoms with Crippen molar-refractivity contribution in [3.63, 3.8) is 0 Å². The number of nitrogens with two attached hydrogens (primary N) is 1. The number of likely N-dealkylation sites (tertiary alicyclic amines) is 1. The zero-order valence-corrected chi connectivity index (χ0v) is 22.0. The molecule has 1 aliphatic carbocycles. The molecular formula is C27H33ClFN5O2. The molecule has 1 amide bonds. The summed E-state index contributed by atoms with van der Waals surface area (Å²) in [6.07, 6.45) is 8.75. The summed E-state index contributed by atoms with van der Waals surface area (Å²) in [5.41, 5.74) is 8.44. The summed E-state index contributed by atoms with van der Waals surface area (Å²) in [5.74, 6) is -0.199. The van der Waals surface area contributed by atoms with E-state index in [1.807, 2.05) is 32.1 Å². The molecule has 2 aromatic heterocycles. The Balaban J connectivity index is 1.59. The molecule has 9 heteroatoms. The maximum Gasteiger partial charge on any atom is 0.260 e. The van der Waals surface area contributed by atoms with Gasteiger partial charge in [-0.25, -0.2) is 14.4 Å². The van der Waals surface area contributed by atoms with Crippen LogP contribution in [0.3, 0.4) is 0 Å². The van der Waals surface area contributed by atoms with Gasteiger partial charge in [-0.1, -0.05) is 24.9 Å². The number of hydrogen-bond acceptors (Lipinski definition) is 5. The Labute approximate surface area is 215 Å². The number of halogens is 2. The van der Waals surface area contributed by atoms with Crippen molar-refractivity contribution in [2.45, 2.75) is 71.8 Å². The number of hydrogen-bond donors (Lipinski definition) is 1. The first kappa shape index (κ1) is 24.8. The highest BCUT2D eigenvalue weighted by molar-refractivity contribution is 6.31. The number of amides is 1. The number of carbonyl (C=O) groups excluding carboxylic acids is 1. The standard InChI is InChI=1S/C27H33ClFN5O2/c1-15(2)36-23-18(16(3)25-32-17(4)22-24(30)31-10-13-34(22)25)14-19(28)21(29)20(23)26(35)33-11-8-27(9-12-33)6-5-7-27/h10,13-16H,5-9,11-12H2,1-4H3,(H2,30,31). The fourth-order valence-corrected chi connectivity index (χ4v) is 5.95. The van der Waals surface area contributed by atoms with E-state index in [1.165, 1.54) is 19.3 Å². The molecule has 0 bridgehead atoms. The second-order valence-electron chi connectivity index (χ2n) is 10.6. The van der Waals surface area contributed by atoms with Gasteiger partial charge in [0.25, 0.3) is 5.91 Å². The summed E-state index contributed by atoms with van der Waals surface area (Å²) >= 11 is 6.41. The molecule has 1 aliphatic heterocycles. The minimum Gasteiger partial charge on any atom is -0.490 e. The van der Waals surface area contributed by atoms with Gasteiger partial charge in [0.05, 0.1) is 16.8 Å². The van der Waals surface area contributed by atoms with E-state index in [2.05, 4.69) is 4.98 Å². The van der Waals surface area contributed by atoms with E-state index < -0.39 is 5.82 Å². The van der Waals surface area contributed by atoms with Gasteiger partial charge in [-0.15, -0.1) is 0 Å². The van der Waals surface area contributed by atoms with E-state index in [1.54, 1.807) is 23.4 Å². The van der Waals surface area contributed by atoms with Crippen molar-refractivity contribution in [2.75, 3.05) is 18.8 Å². The van der Waals surface area contributed by atoms with Gasteiger partial charge in [-0.2, -0.15) is 0 Å². The molecule has 1 aromatic carbocycles. The van der Waals surface area contributed by atoms with Crippen LogP contribution in [0.15, 0.2) is 18.5 Å². The molecular weight excluding hydrogens is 481 g/mol. The predicted molar refractivity (Wildman–Crippen MR) is 138 cm³/mol. The van der Waals surface area contributed by atoms with Gasteiger partial charge in [-0.3, -0.25) is 9.20 Å². The van der Waals surface area contributed by atoms with Crippen LogP contribution in [0.5, 0.6) is 5.75 Å². The molecule has 36 heavy (non-hydrogen) atoms. The average molecular weight is 514 g/mol. The van der Waals surface area contributed by atoms with Crippen LogP contribution in [0, 0.1) is 18.2 Å². The molecule has 1 unspecified atom stereocenters. The Hall–Kier alpha value is -2.87. The Morgan fingerprint density at radius 2 is 1.92 bits per heavy atom. The quantitative estimate of drug-likeness (QED) is 0.469. The van der Waals surface area contributed by atoms with Gasteiger partial charge in [0.15, 0.2) is 5.82 Å². The first-order valence-electron chi connectivity index (χ1n) is 12.7. The molecule has 5 rings (SSSR count). The molecule has 192 valence electrons. The molecule has 7 nitrogen and oxygen atoms in total. The lowest BCUT2D eigenvalue weighted by atomic mass is 9.63. The van der Waals surface area contributed by atoms with Crippen LogP contribution in [-0.2, 0) is 0 Å². The minimum atomic E-state index is -0.741. The van der Waals surface area contributed by atoms with E-state index in [0.29, 0.717) is 41.2 Å². The molecule has 2 N–H and O–H groups in total. The topological polar surface area (TPSA) is 85.8 Å². The summed E-state index contributed by atoms with van der Waals surface area (Å²) in [4.78, 5) is 24.4. The van der Waals surface area contributed by atoms with Crippen LogP contribution >= 0.6 is 11.6 Å². The Morgan fingerprint density at radius 3 is 2.53 bits per heavy atom. The van der Waals surface area contributed by atoms with Crippen LogP contribution in [0.2, 0.25) is 5.02 Å². The van der Waals surface area contributed by atoms with Crippen LogP contribution in [0.1, 0.15) is 86.2 Å². The van der Waals surface area contributed by atoms with Crippen molar-refractivity contribution in [3.05, 3.63) is 51.9 Å². The number of aryl methyl sites for hydroxylation is 1. The number of aromatic nitrogens is 3. The number of carbonyl (C=O) groups is 1. The van der Waals surface area contributed by atoms with Crippen molar-refractivity contribution >= 4 is 28.8 Å². The zero-order chi connectivity index (χ0) is 25.8. The number of nitrogens with zero attached hydrogens (tertiary/aromatic N) is 4. The zero-order valence-electron chi connectivity index (χ0n) is 21.3. The second-order valence-corrected chi connectivity index (χ2v) is 11.0. The fraction of sp³-hybridized carbons (Fsp3) is 0.519. The van der Waals surface area contributed by atoms with Crippen molar-refractivity contribution in [1.29, 1.82) is 0 Å². The van der Waals surface area contributed by atoms with Crippen molar-refractivity contribution in [1.82, 2.24) is 19.3 Å². The van der Waals surface area contributed by atoms with E-state index >= 15 is 4.39 Å². The van der Waals surface area contributed by atoms with Gasteiger partial charge in [0.2, 0.25) is 0 Å². The molecule has 0 radical (unpaired) electrons. The molecule has 1 spiro atoms. The smallest absolute Gasteiger partial charge is 0.260 e. The fourth-order valence-electron chi connectivity index (χ4n) is 5.74. The molecule has 1 saturated heterocycles. The summed E-state index contributed by atoms with van der Waals surface area (Å²) in [7, 11) is 0. The third-order valence-corrected chi connectivity index (χ3v) is 8.21. The Kier molecular flexibility index (Phi) is 6.35. The maximum absolute atomic E-state index is 15.6. The number of rotatable bonds is 5. The maximum atomic E-state index is 15.6. The van der Waals surface area contributed by atoms with E-state index in [4.69, 9.17) is 27.1 Å². The second kappa shape index (κ2) is 9.21. The van der Waals surface area contributed by atoms with Gasteiger partial charge in [0.1, 0.15) is 28.5 Å². The average Bonchev–Trinajstić information content (AvgIpc) is 3.17. The first-order chi connectivity index (χ1) is 17.1. The molecule has 1 saturated carbocycles. The molecule has 2 fully saturated rings. The number of benzene rings is 1. The predicted octanol–water partition coefficient (Wildman–Crippen LogP) is 5.76. The summed E-state index contributed by atoms with van der Waals surface area (Å²) < 4.78 is 23.6. The number of ether oxygens (including phenoxy) is 1. The number of imidazole rings is 1. The highest BCUT2D eigenvalue weighted by atomic mass is 35.5. The van der Waals surface area contributed by atoms with E-state index in [9.17, 15) is 4.79 Å². The largest absolute Gasteiger partial charge is 0.490 e. The third-order valence-electron chi connectivity index (χ3n) is 7.93. The number of anilines is 1. The monoisotopic (exact) mass is 513 g/mol.